The number of aliphatic hydroxyl groups is 1. The predicted molar refractivity (Wildman–Crippen MR) is 103 cm³/mol. The Labute approximate surface area is 156 Å². The third-order valence-electron chi connectivity index (χ3n) is 5.59. The number of aromatic amines is 1. The van der Waals surface area contributed by atoms with Crippen molar-refractivity contribution in [1.29, 1.82) is 0 Å². The molecule has 1 aliphatic heterocycles. The second kappa shape index (κ2) is 6.48. The molecule has 138 valence electrons. The summed E-state index contributed by atoms with van der Waals surface area (Å²) in [5.74, 6) is 1.42. The van der Waals surface area contributed by atoms with E-state index in [1.54, 1.807) is 6.07 Å². The molecule has 6 nitrogen and oxygen atoms in total. The van der Waals surface area contributed by atoms with Gasteiger partial charge in [0.25, 0.3) is 5.56 Å². The van der Waals surface area contributed by atoms with Gasteiger partial charge in [-0.3, -0.25) is 4.79 Å². The van der Waals surface area contributed by atoms with Gasteiger partial charge in [0.1, 0.15) is 17.2 Å². The predicted octanol–water partition coefficient (Wildman–Crippen LogP) is 3.09. The minimum atomic E-state index is -0.208. The number of ether oxygens (including phenoxy) is 1. The molecule has 3 N–H and O–H groups in total. The van der Waals surface area contributed by atoms with E-state index in [1.165, 1.54) is 0 Å². The Morgan fingerprint density at radius 1 is 1.15 bits per heavy atom. The number of aliphatic hydroxyl groups excluding tert-OH is 1. The van der Waals surface area contributed by atoms with Crippen LogP contribution in [0, 0.1) is 0 Å². The van der Waals surface area contributed by atoms with Gasteiger partial charge in [0.15, 0.2) is 0 Å². The number of rotatable bonds is 3. The van der Waals surface area contributed by atoms with Crippen molar-refractivity contribution in [2.24, 2.45) is 0 Å². The molecule has 0 bridgehead atoms. The molecule has 2 aromatic carbocycles. The quantitative estimate of drug-likeness (QED) is 0.521. The number of nitrogens with zero attached hydrogens (tertiary/aromatic N) is 1. The number of aromatic nitrogens is 2. The van der Waals surface area contributed by atoms with Crippen LogP contribution in [0.1, 0.15) is 31.2 Å². The maximum absolute atomic E-state index is 12.1. The Morgan fingerprint density at radius 2 is 2.00 bits per heavy atom. The molecule has 0 unspecified atom stereocenters. The van der Waals surface area contributed by atoms with Crippen molar-refractivity contribution < 1.29 is 9.84 Å². The van der Waals surface area contributed by atoms with Crippen LogP contribution in [0.15, 0.2) is 41.2 Å². The molecule has 2 aliphatic rings. The van der Waals surface area contributed by atoms with Crippen LogP contribution in [0.3, 0.4) is 0 Å². The van der Waals surface area contributed by atoms with Crippen molar-refractivity contribution in [3.05, 3.63) is 52.3 Å². The van der Waals surface area contributed by atoms with Crippen molar-refractivity contribution >= 4 is 10.8 Å². The van der Waals surface area contributed by atoms with E-state index in [0.29, 0.717) is 17.2 Å². The van der Waals surface area contributed by atoms with Crippen LogP contribution in [0.4, 0.5) is 0 Å². The summed E-state index contributed by atoms with van der Waals surface area (Å²) < 4.78 is 6.02. The highest BCUT2D eigenvalue weighted by Gasteiger charge is 2.23. The van der Waals surface area contributed by atoms with Crippen LogP contribution in [-0.4, -0.2) is 27.4 Å². The van der Waals surface area contributed by atoms with Gasteiger partial charge in [-0.25, -0.2) is 5.10 Å². The van der Waals surface area contributed by atoms with Gasteiger partial charge in [-0.2, -0.15) is 5.10 Å². The number of hydrogen-bond donors (Lipinski definition) is 3. The smallest absolute Gasteiger partial charge is 0.272 e. The highest BCUT2D eigenvalue weighted by atomic mass is 16.5. The Morgan fingerprint density at radius 3 is 2.85 bits per heavy atom. The fourth-order valence-corrected chi connectivity index (χ4v) is 4.09. The van der Waals surface area contributed by atoms with Gasteiger partial charge in [0.2, 0.25) is 0 Å². The molecule has 6 heteroatoms. The molecule has 3 aromatic rings. The highest BCUT2D eigenvalue weighted by Crippen LogP contribution is 2.44. The van der Waals surface area contributed by atoms with Gasteiger partial charge < -0.3 is 15.2 Å². The summed E-state index contributed by atoms with van der Waals surface area (Å²) in [7, 11) is 0. The van der Waals surface area contributed by atoms with E-state index in [-0.39, 0.29) is 11.7 Å². The van der Waals surface area contributed by atoms with E-state index < -0.39 is 0 Å². The van der Waals surface area contributed by atoms with Gasteiger partial charge in [-0.05, 0) is 55.5 Å². The zero-order valence-electron chi connectivity index (χ0n) is 14.9. The molecule has 0 radical (unpaired) electrons. The van der Waals surface area contributed by atoms with Crippen LogP contribution < -0.4 is 15.6 Å². The summed E-state index contributed by atoms with van der Waals surface area (Å²) in [6, 6.07) is 12.0. The molecule has 0 saturated heterocycles. The lowest BCUT2D eigenvalue weighted by Gasteiger charge is -2.26. The molecule has 5 rings (SSSR count). The van der Waals surface area contributed by atoms with Crippen LogP contribution >= 0.6 is 0 Å². The maximum atomic E-state index is 12.1. The molecule has 27 heavy (non-hydrogen) atoms. The zero-order valence-corrected chi connectivity index (χ0v) is 14.9. The van der Waals surface area contributed by atoms with Gasteiger partial charge in [0.05, 0.1) is 16.9 Å². The summed E-state index contributed by atoms with van der Waals surface area (Å²) in [6.45, 7) is 0.752. The van der Waals surface area contributed by atoms with Gasteiger partial charge in [0, 0.05) is 18.2 Å². The standard InChI is InChI=1S/C21H21N3O3/c25-14-7-5-13(6-8-14)22-11-12-4-9-17-16(10-12)20-19-15(21(26)24-23-20)2-1-3-18(19)27-17/h1-4,9-10,13-14,22,25H,5-8,11H2,(H,24,26). The minimum absolute atomic E-state index is 0.141. The van der Waals surface area contributed by atoms with Crippen molar-refractivity contribution in [2.75, 3.05) is 0 Å². The molecular formula is C21H21N3O3. The average molecular weight is 363 g/mol. The third-order valence-corrected chi connectivity index (χ3v) is 5.59. The lowest BCUT2D eigenvalue weighted by atomic mass is 9.93. The number of H-pyrrole nitrogens is 1. The summed E-state index contributed by atoms with van der Waals surface area (Å²) in [4.78, 5) is 12.1. The Bertz CT molecular complexity index is 1070. The van der Waals surface area contributed by atoms with Crippen molar-refractivity contribution in [1.82, 2.24) is 15.5 Å². The van der Waals surface area contributed by atoms with E-state index in [1.807, 2.05) is 18.2 Å². The number of benzene rings is 2. The Hall–Kier alpha value is -2.70. The Kier molecular flexibility index (Phi) is 3.95. The van der Waals surface area contributed by atoms with E-state index in [0.717, 1.165) is 60.2 Å². The van der Waals surface area contributed by atoms with Gasteiger partial charge in [-0.1, -0.05) is 12.1 Å². The van der Waals surface area contributed by atoms with E-state index in [4.69, 9.17) is 4.74 Å². The second-order valence-electron chi connectivity index (χ2n) is 7.40. The summed E-state index contributed by atoms with van der Waals surface area (Å²) in [6.07, 6.45) is 3.60. The van der Waals surface area contributed by atoms with Gasteiger partial charge in [-0.15, -0.1) is 0 Å². The summed E-state index contributed by atoms with van der Waals surface area (Å²) >= 11 is 0. The number of hydrogen-bond acceptors (Lipinski definition) is 5. The number of nitrogens with one attached hydrogen (secondary N) is 2. The fourth-order valence-electron chi connectivity index (χ4n) is 4.09. The van der Waals surface area contributed by atoms with Crippen LogP contribution in [0.25, 0.3) is 22.0 Å². The fraction of sp³-hybridized carbons (Fsp3) is 0.333. The van der Waals surface area contributed by atoms with Gasteiger partial charge >= 0.3 is 0 Å². The largest absolute Gasteiger partial charge is 0.456 e. The molecule has 2 heterocycles. The zero-order chi connectivity index (χ0) is 18.4. The van der Waals surface area contributed by atoms with E-state index in [9.17, 15) is 9.90 Å². The van der Waals surface area contributed by atoms with Crippen molar-refractivity contribution in [2.45, 2.75) is 44.4 Å². The summed E-state index contributed by atoms with van der Waals surface area (Å²) in [5.41, 5.74) is 2.58. The monoisotopic (exact) mass is 363 g/mol. The first-order valence-electron chi connectivity index (χ1n) is 9.43. The van der Waals surface area contributed by atoms with Crippen molar-refractivity contribution in [3.8, 4) is 22.8 Å². The molecule has 0 amide bonds. The SMILES string of the molecule is O=c1[nH]nc2c3c(cccc13)Oc1ccc(CNC3CCC(O)CC3)cc1-2. The van der Waals surface area contributed by atoms with Crippen LogP contribution in [-0.2, 0) is 6.54 Å². The molecule has 0 spiro atoms. The van der Waals surface area contributed by atoms with E-state index in [2.05, 4.69) is 27.6 Å². The Balaban J connectivity index is 1.46. The lowest BCUT2D eigenvalue weighted by molar-refractivity contribution is 0.116. The van der Waals surface area contributed by atoms with E-state index >= 15 is 0 Å². The average Bonchev–Trinajstić information content (AvgIpc) is 2.70. The van der Waals surface area contributed by atoms with Crippen LogP contribution in [0.2, 0.25) is 0 Å². The van der Waals surface area contributed by atoms with Crippen molar-refractivity contribution in [3.63, 3.8) is 0 Å². The molecule has 1 aromatic heterocycles. The lowest BCUT2D eigenvalue weighted by Crippen LogP contribution is -2.34. The summed E-state index contributed by atoms with van der Waals surface area (Å²) in [5, 5.41) is 21.5. The molecule has 1 fully saturated rings. The van der Waals surface area contributed by atoms with Crippen LogP contribution in [0.5, 0.6) is 11.5 Å². The highest BCUT2D eigenvalue weighted by molar-refractivity contribution is 6.01. The molecule has 1 saturated carbocycles. The minimum Gasteiger partial charge on any atom is -0.456 e. The first-order chi connectivity index (χ1) is 13.2. The molecule has 1 aliphatic carbocycles. The topological polar surface area (TPSA) is 87.2 Å². The molecule has 0 atom stereocenters. The maximum Gasteiger partial charge on any atom is 0.272 e. The molecular weight excluding hydrogens is 342 g/mol. The number of fused-ring (bicyclic) bond motifs is 2. The normalized spacial score (nSPS) is 20.9. The second-order valence-corrected chi connectivity index (χ2v) is 7.40. The first-order valence-corrected chi connectivity index (χ1v) is 9.43. The first kappa shape index (κ1) is 16.5. The third kappa shape index (κ3) is 2.91.